The van der Waals surface area contributed by atoms with Gasteiger partial charge in [0.15, 0.2) is 9.84 Å². The molecule has 134 valence electrons. The van der Waals surface area contributed by atoms with E-state index in [1.807, 2.05) is 0 Å². The first-order valence-electron chi connectivity index (χ1n) is 7.84. The van der Waals surface area contributed by atoms with Crippen molar-refractivity contribution in [1.29, 1.82) is 0 Å². The predicted octanol–water partition coefficient (Wildman–Crippen LogP) is 3.83. The van der Waals surface area contributed by atoms with Crippen molar-refractivity contribution in [2.45, 2.75) is 9.46 Å². The minimum Gasteiger partial charge on any atom is -0.350 e. The van der Waals surface area contributed by atoms with E-state index < -0.39 is 26.8 Å². The van der Waals surface area contributed by atoms with E-state index in [4.69, 9.17) is 0 Å². The Labute approximate surface area is 155 Å². The van der Waals surface area contributed by atoms with Gasteiger partial charge < -0.3 is 5.32 Å². The summed E-state index contributed by atoms with van der Waals surface area (Å²) in [4.78, 5) is 12.3. The molecule has 1 N–H and O–H groups in total. The van der Waals surface area contributed by atoms with Crippen LogP contribution in [0.1, 0.15) is 21.2 Å². The van der Waals surface area contributed by atoms with E-state index in [1.165, 1.54) is 24.3 Å². The molecule has 0 unspecified atom stereocenters. The highest BCUT2D eigenvalue weighted by molar-refractivity contribution is 7.93. The van der Waals surface area contributed by atoms with Gasteiger partial charge in [-0.3, -0.25) is 4.79 Å². The molecule has 2 aromatic carbocycles. The van der Waals surface area contributed by atoms with Gasteiger partial charge in [-0.25, -0.2) is 12.8 Å². The lowest BCUT2D eigenvalue weighted by atomic mass is 10.1. The molecule has 0 aliphatic carbocycles. The van der Waals surface area contributed by atoms with Crippen LogP contribution in [0.4, 0.5) is 4.39 Å². The zero-order chi connectivity index (χ0) is 18.6. The minimum atomic E-state index is -3.65. The van der Waals surface area contributed by atoms with Crippen molar-refractivity contribution in [3.63, 3.8) is 0 Å². The molecule has 1 aromatic heterocycles. The maximum atomic E-state index is 13.0. The van der Waals surface area contributed by atoms with Gasteiger partial charge in [0, 0.05) is 12.1 Å². The van der Waals surface area contributed by atoms with E-state index in [-0.39, 0.29) is 16.3 Å². The van der Waals surface area contributed by atoms with Gasteiger partial charge in [-0.05, 0) is 41.3 Å². The second-order valence-corrected chi connectivity index (χ2v) is 8.90. The van der Waals surface area contributed by atoms with Gasteiger partial charge in [0.1, 0.15) is 15.3 Å². The number of hydrogen-bond donors (Lipinski definition) is 1. The summed E-state index contributed by atoms with van der Waals surface area (Å²) < 4.78 is 39.2. The van der Waals surface area contributed by atoms with Crippen molar-refractivity contribution in [1.82, 2.24) is 5.32 Å². The summed E-state index contributed by atoms with van der Waals surface area (Å²) in [6.45, 7) is -0.0829. The van der Waals surface area contributed by atoms with E-state index >= 15 is 0 Å². The Morgan fingerprint density at radius 1 is 1.00 bits per heavy atom. The fraction of sp³-hybridized carbons (Fsp3) is 0.105. The first-order valence-corrected chi connectivity index (χ1v) is 10.3. The van der Waals surface area contributed by atoms with Crippen LogP contribution in [0.5, 0.6) is 0 Å². The second-order valence-electron chi connectivity index (χ2n) is 5.59. The lowest BCUT2D eigenvalue weighted by Gasteiger charge is -2.18. The molecule has 0 aliphatic heterocycles. The topological polar surface area (TPSA) is 63.2 Å². The molecule has 7 heteroatoms. The Hall–Kier alpha value is -2.51. The summed E-state index contributed by atoms with van der Waals surface area (Å²) in [5, 5.41) is 3.44. The van der Waals surface area contributed by atoms with Crippen LogP contribution in [0.25, 0.3) is 0 Å². The number of amides is 1. The second kappa shape index (κ2) is 7.80. The molecule has 0 bridgehead atoms. The molecule has 0 saturated carbocycles. The van der Waals surface area contributed by atoms with Crippen LogP contribution in [-0.4, -0.2) is 20.9 Å². The molecule has 4 nitrogen and oxygen atoms in total. The Bertz CT molecular complexity index is 969. The molecule has 0 radical (unpaired) electrons. The lowest BCUT2D eigenvalue weighted by Crippen LogP contribution is -2.31. The highest BCUT2D eigenvalue weighted by atomic mass is 32.2. The molecule has 1 amide bonds. The average molecular weight is 389 g/mol. The molecule has 0 spiro atoms. The molecule has 1 heterocycles. The highest BCUT2D eigenvalue weighted by Gasteiger charge is 2.30. The maximum absolute atomic E-state index is 13.0. The number of carbonyl (C=O) groups excluding carboxylic acids is 1. The number of hydrogen-bond acceptors (Lipinski definition) is 4. The van der Waals surface area contributed by atoms with Crippen LogP contribution < -0.4 is 5.32 Å². The van der Waals surface area contributed by atoms with Gasteiger partial charge in [0.05, 0.1) is 0 Å². The summed E-state index contributed by atoms with van der Waals surface area (Å²) in [6, 6.07) is 17.1. The van der Waals surface area contributed by atoms with Crippen molar-refractivity contribution in [2.24, 2.45) is 0 Å². The summed E-state index contributed by atoms with van der Waals surface area (Å²) in [5.41, 5.74) is 0.868. The molecule has 3 rings (SSSR count). The summed E-state index contributed by atoms with van der Waals surface area (Å²) in [5.74, 6) is -0.892. The summed E-state index contributed by atoms with van der Waals surface area (Å²) in [7, 11) is -3.65. The van der Waals surface area contributed by atoms with Gasteiger partial charge in [-0.1, -0.05) is 36.4 Å². The number of thiophene rings is 1. The third kappa shape index (κ3) is 4.00. The molecule has 1 atom stereocenters. The molecule has 0 fully saturated rings. The predicted molar refractivity (Wildman–Crippen MR) is 99.4 cm³/mol. The van der Waals surface area contributed by atoms with Crippen molar-refractivity contribution in [2.75, 3.05) is 6.54 Å². The first kappa shape index (κ1) is 18.3. The smallest absolute Gasteiger partial charge is 0.251 e. The molecule has 0 aliphatic rings. The van der Waals surface area contributed by atoms with Crippen molar-refractivity contribution < 1.29 is 17.6 Å². The van der Waals surface area contributed by atoms with Crippen molar-refractivity contribution in [3.05, 3.63) is 89.1 Å². The van der Waals surface area contributed by atoms with Crippen LogP contribution in [0.3, 0.4) is 0 Å². The Morgan fingerprint density at radius 3 is 2.31 bits per heavy atom. The summed E-state index contributed by atoms with van der Waals surface area (Å²) >= 11 is 1.14. The number of benzene rings is 2. The molecular formula is C19H16FNO3S2. The van der Waals surface area contributed by atoms with Gasteiger partial charge >= 0.3 is 0 Å². The number of rotatable bonds is 6. The Balaban J connectivity index is 1.85. The maximum Gasteiger partial charge on any atom is 0.251 e. The van der Waals surface area contributed by atoms with Gasteiger partial charge in [-0.15, -0.1) is 11.3 Å². The number of sulfone groups is 1. The van der Waals surface area contributed by atoms with Crippen LogP contribution >= 0.6 is 11.3 Å². The molecular weight excluding hydrogens is 373 g/mol. The zero-order valence-corrected chi connectivity index (χ0v) is 15.3. The fourth-order valence-corrected chi connectivity index (χ4v) is 5.40. The Kier molecular flexibility index (Phi) is 5.49. The molecule has 3 aromatic rings. The van der Waals surface area contributed by atoms with Crippen LogP contribution in [-0.2, 0) is 9.84 Å². The number of nitrogens with one attached hydrogen (secondary N) is 1. The fourth-order valence-electron chi connectivity index (χ4n) is 2.53. The van der Waals surface area contributed by atoms with Crippen molar-refractivity contribution >= 4 is 27.1 Å². The van der Waals surface area contributed by atoms with Gasteiger partial charge in [0.25, 0.3) is 5.91 Å². The lowest BCUT2D eigenvalue weighted by molar-refractivity contribution is 0.0953. The monoisotopic (exact) mass is 389 g/mol. The largest absolute Gasteiger partial charge is 0.350 e. The average Bonchev–Trinajstić information content (AvgIpc) is 3.18. The molecule has 26 heavy (non-hydrogen) atoms. The van der Waals surface area contributed by atoms with E-state index in [2.05, 4.69) is 5.32 Å². The van der Waals surface area contributed by atoms with E-state index in [9.17, 15) is 17.6 Å². The van der Waals surface area contributed by atoms with Crippen molar-refractivity contribution in [3.8, 4) is 0 Å². The van der Waals surface area contributed by atoms with Gasteiger partial charge in [-0.2, -0.15) is 0 Å². The highest BCUT2D eigenvalue weighted by Crippen LogP contribution is 2.31. The Morgan fingerprint density at radius 2 is 1.69 bits per heavy atom. The van der Waals surface area contributed by atoms with E-state index in [0.29, 0.717) is 5.56 Å². The SMILES string of the molecule is O=C(NC[C@@H](c1ccccc1)S(=O)(=O)c1cccs1)c1ccc(F)cc1. The first-order chi connectivity index (χ1) is 12.5. The third-order valence-corrected chi connectivity index (χ3v) is 7.41. The minimum absolute atomic E-state index is 0.0829. The zero-order valence-electron chi connectivity index (χ0n) is 13.6. The summed E-state index contributed by atoms with van der Waals surface area (Å²) in [6.07, 6.45) is 0. The quantitative estimate of drug-likeness (QED) is 0.697. The standard InChI is InChI=1S/C19H16FNO3S2/c20-16-10-8-15(9-11-16)19(22)21-13-17(14-5-2-1-3-6-14)26(23,24)18-7-4-12-25-18/h1-12,17H,13H2,(H,21,22)/t17-/m0/s1. The number of carbonyl (C=O) groups is 1. The van der Waals surface area contributed by atoms with Crippen LogP contribution in [0, 0.1) is 5.82 Å². The normalized spacial score (nSPS) is 12.5. The number of halogens is 1. The van der Waals surface area contributed by atoms with Crippen LogP contribution in [0.15, 0.2) is 76.3 Å². The van der Waals surface area contributed by atoms with E-state index in [1.54, 1.807) is 47.8 Å². The molecule has 0 saturated heterocycles. The van der Waals surface area contributed by atoms with E-state index in [0.717, 1.165) is 11.3 Å². The third-order valence-electron chi connectivity index (χ3n) is 3.88. The van der Waals surface area contributed by atoms with Gasteiger partial charge in [0.2, 0.25) is 0 Å². The van der Waals surface area contributed by atoms with Crippen LogP contribution in [0.2, 0.25) is 0 Å².